The van der Waals surface area contributed by atoms with Gasteiger partial charge in [0, 0.05) is 6.04 Å². The van der Waals surface area contributed by atoms with E-state index in [1.165, 1.54) is 38.5 Å². The fourth-order valence-electron chi connectivity index (χ4n) is 2.27. The Bertz CT molecular complexity index is 199. The largest absolute Gasteiger partial charge is 0.303 e. The minimum atomic E-state index is 0.729. The Morgan fingerprint density at radius 3 is 2.79 bits per heavy atom. The smallest absolute Gasteiger partial charge is 0.0578 e. The number of hydrogen-bond acceptors (Lipinski definition) is 1. The van der Waals surface area contributed by atoms with Gasteiger partial charge in [-0.2, -0.15) is 0 Å². The molecule has 1 nitrogen and oxygen atoms in total. The second-order valence-corrected chi connectivity index (χ2v) is 4.29. The predicted octanol–water partition coefficient (Wildman–Crippen LogP) is 2.96. The van der Waals surface area contributed by atoms with Gasteiger partial charge in [0.25, 0.3) is 0 Å². The zero-order chi connectivity index (χ0) is 10.2. The van der Waals surface area contributed by atoms with E-state index >= 15 is 0 Å². The van der Waals surface area contributed by atoms with Crippen LogP contribution in [0.3, 0.4) is 0 Å². The molecule has 2 unspecified atom stereocenters. The topological polar surface area (TPSA) is 12.0 Å². The van der Waals surface area contributed by atoms with Crippen molar-refractivity contribution in [3.8, 4) is 11.8 Å². The van der Waals surface area contributed by atoms with Gasteiger partial charge in [-0.05, 0) is 32.1 Å². The summed E-state index contributed by atoms with van der Waals surface area (Å²) >= 11 is 0. The van der Waals surface area contributed by atoms with E-state index in [1.807, 2.05) is 6.92 Å². The molecule has 1 rings (SSSR count). The van der Waals surface area contributed by atoms with Crippen molar-refractivity contribution in [1.29, 1.82) is 0 Å². The summed E-state index contributed by atoms with van der Waals surface area (Å²) in [5.74, 6) is 7.00. The Labute approximate surface area is 88.7 Å². The van der Waals surface area contributed by atoms with Gasteiger partial charge in [-0.25, -0.2) is 0 Å². The molecule has 1 aliphatic carbocycles. The number of hydrogen-bond donors (Lipinski definition) is 1. The van der Waals surface area contributed by atoms with Crippen LogP contribution in [0.1, 0.15) is 52.4 Å². The molecular formula is C13H23N. The third-order valence-corrected chi connectivity index (χ3v) is 3.32. The first-order valence-electron chi connectivity index (χ1n) is 5.99. The Hall–Kier alpha value is -0.480. The normalized spacial score (nSPS) is 27.6. The minimum Gasteiger partial charge on any atom is -0.303 e. The molecule has 0 aromatic rings. The molecule has 80 valence electrons. The zero-order valence-electron chi connectivity index (χ0n) is 9.60. The first-order chi connectivity index (χ1) is 6.86. The van der Waals surface area contributed by atoms with Crippen LogP contribution in [0.15, 0.2) is 0 Å². The highest BCUT2D eigenvalue weighted by atomic mass is 14.9. The summed E-state index contributed by atoms with van der Waals surface area (Å²) < 4.78 is 0. The summed E-state index contributed by atoms with van der Waals surface area (Å²) in [6.07, 6.45) is 8.31. The average molecular weight is 193 g/mol. The van der Waals surface area contributed by atoms with Crippen LogP contribution in [0, 0.1) is 17.8 Å². The van der Waals surface area contributed by atoms with Gasteiger partial charge in [0.2, 0.25) is 0 Å². The van der Waals surface area contributed by atoms with Crippen molar-refractivity contribution in [3.05, 3.63) is 0 Å². The Morgan fingerprint density at radius 2 is 2.07 bits per heavy atom. The third kappa shape index (κ3) is 4.15. The molecule has 1 fully saturated rings. The van der Waals surface area contributed by atoms with E-state index in [0.717, 1.165) is 18.5 Å². The van der Waals surface area contributed by atoms with Gasteiger partial charge in [0.15, 0.2) is 0 Å². The molecule has 0 heterocycles. The highest BCUT2D eigenvalue weighted by Crippen LogP contribution is 2.25. The van der Waals surface area contributed by atoms with E-state index in [2.05, 4.69) is 24.1 Å². The van der Waals surface area contributed by atoms with Crippen LogP contribution in [0.25, 0.3) is 0 Å². The molecule has 0 aromatic heterocycles. The van der Waals surface area contributed by atoms with Gasteiger partial charge in [0.05, 0.1) is 6.54 Å². The highest BCUT2D eigenvalue weighted by Gasteiger charge is 2.16. The second-order valence-electron chi connectivity index (χ2n) is 4.29. The minimum absolute atomic E-state index is 0.729. The maximum absolute atomic E-state index is 3.53. The molecule has 1 aliphatic rings. The van der Waals surface area contributed by atoms with Crippen LogP contribution in [0.4, 0.5) is 0 Å². The summed E-state index contributed by atoms with van der Waals surface area (Å²) in [6, 6.07) is 0.729. The molecule has 0 bridgehead atoms. The summed E-state index contributed by atoms with van der Waals surface area (Å²) in [6.45, 7) is 5.10. The van der Waals surface area contributed by atoms with Crippen molar-refractivity contribution in [3.63, 3.8) is 0 Å². The molecular weight excluding hydrogens is 170 g/mol. The van der Waals surface area contributed by atoms with Crippen molar-refractivity contribution in [1.82, 2.24) is 5.32 Å². The van der Waals surface area contributed by atoms with E-state index in [9.17, 15) is 0 Å². The maximum Gasteiger partial charge on any atom is 0.0578 e. The molecule has 0 aromatic carbocycles. The average Bonchev–Trinajstić information content (AvgIpc) is 2.43. The Balaban J connectivity index is 2.22. The molecule has 0 spiro atoms. The van der Waals surface area contributed by atoms with Gasteiger partial charge in [-0.1, -0.05) is 32.1 Å². The first-order valence-corrected chi connectivity index (χ1v) is 5.99. The van der Waals surface area contributed by atoms with Crippen LogP contribution in [0.2, 0.25) is 0 Å². The van der Waals surface area contributed by atoms with E-state index in [4.69, 9.17) is 0 Å². The molecule has 0 saturated heterocycles. The summed E-state index contributed by atoms with van der Waals surface area (Å²) in [4.78, 5) is 0. The third-order valence-electron chi connectivity index (χ3n) is 3.32. The van der Waals surface area contributed by atoms with Gasteiger partial charge in [-0.3, -0.25) is 0 Å². The van der Waals surface area contributed by atoms with Crippen molar-refractivity contribution in [2.75, 3.05) is 6.54 Å². The lowest BCUT2D eigenvalue weighted by Crippen LogP contribution is -2.28. The van der Waals surface area contributed by atoms with E-state index in [1.54, 1.807) is 0 Å². The molecule has 2 atom stereocenters. The van der Waals surface area contributed by atoms with Crippen LogP contribution in [0.5, 0.6) is 0 Å². The van der Waals surface area contributed by atoms with E-state index in [0.29, 0.717) is 0 Å². The van der Waals surface area contributed by atoms with Crippen LogP contribution < -0.4 is 5.32 Å². The maximum atomic E-state index is 3.53. The number of nitrogens with one attached hydrogen (secondary N) is 1. The summed E-state index contributed by atoms with van der Waals surface area (Å²) in [5, 5.41) is 3.53. The summed E-state index contributed by atoms with van der Waals surface area (Å²) in [5.41, 5.74) is 0. The first kappa shape index (κ1) is 11.6. The van der Waals surface area contributed by atoms with Crippen LogP contribution in [-0.2, 0) is 0 Å². The van der Waals surface area contributed by atoms with Crippen molar-refractivity contribution < 1.29 is 0 Å². The fraction of sp³-hybridized carbons (Fsp3) is 0.846. The molecule has 1 saturated carbocycles. The fourth-order valence-corrected chi connectivity index (χ4v) is 2.27. The van der Waals surface area contributed by atoms with Crippen molar-refractivity contribution in [2.45, 2.75) is 58.4 Å². The van der Waals surface area contributed by atoms with Gasteiger partial charge < -0.3 is 5.32 Å². The predicted molar refractivity (Wildman–Crippen MR) is 62.1 cm³/mol. The lowest BCUT2D eigenvalue weighted by atomic mass is 9.98. The van der Waals surface area contributed by atoms with Crippen molar-refractivity contribution >= 4 is 0 Å². The zero-order valence-corrected chi connectivity index (χ0v) is 9.60. The molecule has 0 amide bonds. The Kier molecular flexibility index (Phi) is 5.71. The van der Waals surface area contributed by atoms with E-state index < -0.39 is 0 Å². The van der Waals surface area contributed by atoms with Crippen molar-refractivity contribution in [2.24, 2.45) is 5.92 Å². The van der Waals surface area contributed by atoms with Crippen LogP contribution >= 0.6 is 0 Å². The lowest BCUT2D eigenvalue weighted by molar-refractivity contribution is 0.432. The SMILES string of the molecule is CC#CCNC1CCCC(CC)CC1. The van der Waals surface area contributed by atoms with E-state index in [-0.39, 0.29) is 0 Å². The molecule has 0 radical (unpaired) electrons. The standard InChI is InChI=1S/C13H23N/c1-3-5-11-14-13-8-6-7-12(4-2)9-10-13/h12-14H,4,6-11H2,1-2H3. The quantitative estimate of drug-likeness (QED) is 0.537. The van der Waals surface area contributed by atoms with Gasteiger partial charge in [0.1, 0.15) is 0 Å². The lowest BCUT2D eigenvalue weighted by Gasteiger charge is -2.14. The second kappa shape index (κ2) is 6.90. The Morgan fingerprint density at radius 1 is 1.21 bits per heavy atom. The van der Waals surface area contributed by atoms with Crippen LogP contribution in [-0.4, -0.2) is 12.6 Å². The monoisotopic (exact) mass is 193 g/mol. The highest BCUT2D eigenvalue weighted by molar-refractivity contribution is 4.97. The molecule has 1 heteroatoms. The number of rotatable bonds is 3. The molecule has 0 aliphatic heterocycles. The molecule has 1 N–H and O–H groups in total. The van der Waals surface area contributed by atoms with Gasteiger partial charge in [-0.15, -0.1) is 5.92 Å². The van der Waals surface area contributed by atoms with Gasteiger partial charge >= 0.3 is 0 Å². The molecule has 14 heavy (non-hydrogen) atoms. The summed E-state index contributed by atoms with van der Waals surface area (Å²) in [7, 11) is 0.